The Kier molecular flexibility index (Phi) is 6.18. The predicted molar refractivity (Wildman–Crippen MR) is 83.1 cm³/mol. The largest absolute Gasteiger partial charge is 0.490 e. The number of nitrogens with one attached hydrogen (secondary N) is 2. The first-order valence-electron chi connectivity index (χ1n) is 7.00. The number of alkyl halides is 2. The Balaban J connectivity index is 1.97. The predicted octanol–water partition coefficient (Wildman–Crippen LogP) is 3.12. The molecule has 8 heteroatoms. The van der Waals surface area contributed by atoms with Crippen LogP contribution in [0.25, 0.3) is 10.9 Å². The van der Waals surface area contributed by atoms with E-state index >= 15 is 0 Å². The first kappa shape index (κ1) is 17.5. The molecule has 1 aromatic carbocycles. The molecule has 1 amide bonds. The minimum Gasteiger partial charge on any atom is -0.490 e. The van der Waals surface area contributed by atoms with E-state index in [1.165, 1.54) is 6.92 Å². The van der Waals surface area contributed by atoms with Crippen molar-refractivity contribution in [3.63, 3.8) is 0 Å². The van der Waals surface area contributed by atoms with Crippen LogP contribution in [0.5, 0.6) is 5.75 Å². The number of halogens is 3. The van der Waals surface area contributed by atoms with E-state index in [4.69, 9.17) is 21.1 Å². The Labute approximate surface area is 136 Å². The first-order chi connectivity index (χ1) is 11.0. The molecule has 0 bridgehead atoms. The molecule has 2 N–H and O–H groups in total. The molecule has 0 aliphatic carbocycles. The van der Waals surface area contributed by atoms with Gasteiger partial charge in [0.05, 0.1) is 18.2 Å². The van der Waals surface area contributed by atoms with E-state index in [2.05, 4.69) is 10.3 Å². The molecule has 0 radical (unpaired) electrons. The zero-order valence-corrected chi connectivity index (χ0v) is 13.3. The summed E-state index contributed by atoms with van der Waals surface area (Å²) in [5.74, 6) is 0.322. The topological polar surface area (TPSA) is 63.4 Å². The highest BCUT2D eigenvalue weighted by Crippen LogP contribution is 2.30. The fourth-order valence-electron chi connectivity index (χ4n) is 2.00. The summed E-state index contributed by atoms with van der Waals surface area (Å²) < 4.78 is 34.0. The number of H-pyrrole nitrogens is 1. The molecule has 0 aliphatic heterocycles. The van der Waals surface area contributed by atoms with E-state index in [0.29, 0.717) is 17.3 Å². The zero-order chi connectivity index (χ0) is 16.8. The number of hydrogen-bond donors (Lipinski definition) is 2. The monoisotopic (exact) mass is 346 g/mol. The van der Waals surface area contributed by atoms with Crippen LogP contribution in [0.15, 0.2) is 18.2 Å². The number of benzene rings is 1. The Bertz CT molecular complexity index is 676. The number of hydrogen-bond acceptors (Lipinski definition) is 3. The molecule has 5 nitrogen and oxygen atoms in total. The van der Waals surface area contributed by atoms with Gasteiger partial charge < -0.3 is 19.8 Å². The number of amides is 1. The van der Waals surface area contributed by atoms with Crippen molar-refractivity contribution in [3.8, 4) is 5.75 Å². The third-order valence-corrected chi connectivity index (χ3v) is 3.28. The third kappa shape index (κ3) is 5.37. The standard InChI is InChI=1S/C15H17ClF2N2O3/c1-9(21)19-7-11-4-10-5-12(16)14(6-13(10)20-11)23-3-2-22-8-15(17)18/h4-6,15,20H,2-3,7-8H2,1H3,(H,19,21). The smallest absolute Gasteiger partial charge is 0.261 e. The van der Waals surface area contributed by atoms with Gasteiger partial charge in [0.2, 0.25) is 5.91 Å². The summed E-state index contributed by atoms with van der Waals surface area (Å²) in [5, 5.41) is 4.00. The van der Waals surface area contributed by atoms with E-state index in [1.807, 2.05) is 6.07 Å². The van der Waals surface area contributed by atoms with Crippen LogP contribution in [-0.4, -0.2) is 37.1 Å². The van der Waals surface area contributed by atoms with Crippen LogP contribution in [-0.2, 0) is 16.1 Å². The molecule has 126 valence electrons. The van der Waals surface area contributed by atoms with Crippen LogP contribution in [0.3, 0.4) is 0 Å². The maximum atomic E-state index is 11.9. The average molecular weight is 347 g/mol. The van der Waals surface area contributed by atoms with Gasteiger partial charge in [-0.3, -0.25) is 4.79 Å². The lowest BCUT2D eigenvalue weighted by atomic mass is 10.2. The Morgan fingerprint density at radius 2 is 2.13 bits per heavy atom. The van der Waals surface area contributed by atoms with E-state index < -0.39 is 13.0 Å². The fraction of sp³-hybridized carbons (Fsp3) is 0.400. The highest BCUT2D eigenvalue weighted by Gasteiger charge is 2.08. The Morgan fingerprint density at radius 3 is 2.83 bits per heavy atom. The molecule has 0 saturated carbocycles. The normalized spacial score (nSPS) is 11.2. The van der Waals surface area contributed by atoms with Gasteiger partial charge in [-0.05, 0) is 12.1 Å². The molecular formula is C15H17ClF2N2O3. The summed E-state index contributed by atoms with van der Waals surface area (Å²) >= 11 is 6.13. The van der Waals surface area contributed by atoms with Gasteiger partial charge in [-0.1, -0.05) is 11.6 Å². The minimum atomic E-state index is -2.49. The van der Waals surface area contributed by atoms with Crippen molar-refractivity contribution in [1.29, 1.82) is 0 Å². The number of fused-ring (bicyclic) bond motifs is 1. The summed E-state index contributed by atoms with van der Waals surface area (Å²) in [6.07, 6.45) is -2.49. The summed E-state index contributed by atoms with van der Waals surface area (Å²) in [6.45, 7) is 1.40. The van der Waals surface area contributed by atoms with Gasteiger partial charge in [0.1, 0.15) is 19.0 Å². The lowest BCUT2D eigenvalue weighted by Gasteiger charge is -2.08. The van der Waals surface area contributed by atoms with Crippen LogP contribution in [0.2, 0.25) is 5.02 Å². The number of carbonyl (C=O) groups is 1. The van der Waals surface area contributed by atoms with Crippen molar-refractivity contribution in [3.05, 3.63) is 28.9 Å². The van der Waals surface area contributed by atoms with Gasteiger partial charge in [0, 0.05) is 29.6 Å². The van der Waals surface area contributed by atoms with Gasteiger partial charge in [-0.15, -0.1) is 0 Å². The molecule has 0 unspecified atom stereocenters. The molecular weight excluding hydrogens is 330 g/mol. The highest BCUT2D eigenvalue weighted by atomic mass is 35.5. The van der Waals surface area contributed by atoms with E-state index in [9.17, 15) is 13.6 Å². The summed E-state index contributed by atoms with van der Waals surface area (Å²) in [7, 11) is 0. The van der Waals surface area contributed by atoms with Crippen LogP contribution < -0.4 is 10.1 Å². The molecule has 2 rings (SSSR count). The summed E-state index contributed by atoms with van der Waals surface area (Å²) in [4.78, 5) is 14.1. The molecule has 0 fully saturated rings. The minimum absolute atomic E-state index is 0.0528. The third-order valence-electron chi connectivity index (χ3n) is 2.99. The van der Waals surface area contributed by atoms with Crippen LogP contribution in [0, 0.1) is 0 Å². The lowest BCUT2D eigenvalue weighted by molar-refractivity contribution is -0.119. The zero-order valence-electron chi connectivity index (χ0n) is 12.5. The molecule has 0 atom stereocenters. The molecule has 23 heavy (non-hydrogen) atoms. The van der Waals surface area contributed by atoms with Gasteiger partial charge in [0.15, 0.2) is 0 Å². The van der Waals surface area contributed by atoms with E-state index in [-0.39, 0.29) is 19.1 Å². The molecule has 0 spiro atoms. The average Bonchev–Trinajstić information content (AvgIpc) is 2.86. The van der Waals surface area contributed by atoms with Crippen molar-refractivity contribution >= 4 is 28.4 Å². The second-order valence-electron chi connectivity index (χ2n) is 4.89. The molecule has 0 aliphatic rings. The summed E-state index contributed by atoms with van der Waals surface area (Å²) in [6, 6.07) is 5.34. The lowest BCUT2D eigenvalue weighted by Crippen LogP contribution is -2.18. The van der Waals surface area contributed by atoms with Gasteiger partial charge in [-0.2, -0.15) is 0 Å². The van der Waals surface area contributed by atoms with Crippen molar-refractivity contribution in [1.82, 2.24) is 10.3 Å². The number of aromatic nitrogens is 1. The maximum Gasteiger partial charge on any atom is 0.261 e. The summed E-state index contributed by atoms with van der Waals surface area (Å²) in [5.41, 5.74) is 1.64. The second-order valence-corrected chi connectivity index (χ2v) is 5.30. The van der Waals surface area contributed by atoms with Crippen LogP contribution >= 0.6 is 11.6 Å². The van der Waals surface area contributed by atoms with Crippen molar-refractivity contribution in [2.24, 2.45) is 0 Å². The molecule has 2 aromatic rings. The number of ether oxygens (including phenoxy) is 2. The van der Waals surface area contributed by atoms with Crippen molar-refractivity contribution < 1.29 is 23.0 Å². The van der Waals surface area contributed by atoms with Gasteiger partial charge >= 0.3 is 0 Å². The number of aromatic amines is 1. The number of carbonyl (C=O) groups excluding carboxylic acids is 1. The fourth-order valence-corrected chi connectivity index (χ4v) is 2.23. The SMILES string of the molecule is CC(=O)NCc1cc2cc(Cl)c(OCCOCC(F)F)cc2[nH]1. The van der Waals surface area contributed by atoms with Gasteiger partial charge in [-0.25, -0.2) is 8.78 Å². The van der Waals surface area contributed by atoms with Crippen molar-refractivity contribution in [2.75, 3.05) is 19.8 Å². The second kappa shape index (κ2) is 8.12. The molecule has 1 aromatic heterocycles. The highest BCUT2D eigenvalue weighted by molar-refractivity contribution is 6.32. The van der Waals surface area contributed by atoms with Gasteiger partial charge in [0.25, 0.3) is 6.43 Å². The van der Waals surface area contributed by atoms with E-state index in [1.54, 1.807) is 12.1 Å². The quantitative estimate of drug-likeness (QED) is 0.722. The van der Waals surface area contributed by atoms with Crippen molar-refractivity contribution in [2.45, 2.75) is 19.9 Å². The molecule has 0 saturated heterocycles. The maximum absolute atomic E-state index is 11.9. The van der Waals surface area contributed by atoms with Crippen LogP contribution in [0.1, 0.15) is 12.6 Å². The first-order valence-corrected chi connectivity index (χ1v) is 7.38. The van der Waals surface area contributed by atoms with E-state index in [0.717, 1.165) is 16.6 Å². The molecule has 1 heterocycles. The van der Waals surface area contributed by atoms with Crippen LogP contribution in [0.4, 0.5) is 8.78 Å². The Hall–Kier alpha value is -1.86. The number of rotatable bonds is 8. The Morgan fingerprint density at radius 1 is 1.35 bits per heavy atom.